The van der Waals surface area contributed by atoms with E-state index in [1.807, 2.05) is 32.9 Å². The van der Waals surface area contributed by atoms with E-state index in [1.165, 1.54) is 5.56 Å². The monoisotopic (exact) mass is 231 g/mol. The first-order chi connectivity index (χ1) is 8.04. The molecule has 1 heterocycles. The van der Waals surface area contributed by atoms with E-state index in [0.717, 1.165) is 16.9 Å². The van der Waals surface area contributed by atoms with Crippen molar-refractivity contribution in [2.45, 2.75) is 27.3 Å². The van der Waals surface area contributed by atoms with Crippen LogP contribution in [0.3, 0.4) is 0 Å². The summed E-state index contributed by atoms with van der Waals surface area (Å²) >= 11 is 0. The second-order valence-corrected chi connectivity index (χ2v) is 4.33. The molecular formula is C13H17N3O. The fourth-order valence-electron chi connectivity index (χ4n) is 2.09. The third-order valence-corrected chi connectivity index (χ3v) is 3.06. The molecule has 0 aliphatic heterocycles. The topological polar surface area (TPSA) is 63.8 Å². The first kappa shape index (κ1) is 11.7. The quantitative estimate of drug-likeness (QED) is 0.823. The number of hydrogen-bond donors (Lipinski definition) is 2. The summed E-state index contributed by atoms with van der Waals surface area (Å²) < 4.78 is 1.80. The summed E-state index contributed by atoms with van der Waals surface area (Å²) in [6, 6.07) is 6.13. The Morgan fingerprint density at radius 1 is 1.29 bits per heavy atom. The minimum Gasteiger partial charge on any atom is -0.326 e. The van der Waals surface area contributed by atoms with Crippen LogP contribution in [0.25, 0.3) is 5.69 Å². The fraction of sp³-hybridized carbons (Fsp3) is 0.308. The molecule has 0 unspecified atom stereocenters. The van der Waals surface area contributed by atoms with Gasteiger partial charge in [-0.15, -0.1) is 0 Å². The van der Waals surface area contributed by atoms with Gasteiger partial charge in [0.2, 0.25) is 0 Å². The van der Waals surface area contributed by atoms with Crippen LogP contribution in [0.4, 0.5) is 0 Å². The number of nitrogens with zero attached hydrogens (tertiary/aromatic N) is 1. The lowest BCUT2D eigenvalue weighted by Gasteiger charge is -2.10. The van der Waals surface area contributed by atoms with E-state index in [2.05, 4.69) is 11.2 Å². The molecule has 2 aromatic rings. The minimum atomic E-state index is -0.107. The van der Waals surface area contributed by atoms with Gasteiger partial charge in [-0.3, -0.25) is 14.6 Å². The van der Waals surface area contributed by atoms with Gasteiger partial charge in [-0.25, -0.2) is 0 Å². The summed E-state index contributed by atoms with van der Waals surface area (Å²) in [5.74, 6) is 0. The SMILES string of the molecule is Cc1ccc(-n2[nH]c(=O)c(CN)c2C)c(C)c1. The highest BCUT2D eigenvalue weighted by molar-refractivity contribution is 5.43. The Bertz CT molecular complexity index is 608. The lowest BCUT2D eigenvalue weighted by atomic mass is 10.1. The number of benzene rings is 1. The standard InChI is InChI=1S/C13H17N3O/c1-8-4-5-12(9(2)6-8)16-10(3)11(7-14)13(17)15-16/h4-6H,7,14H2,1-3H3,(H,15,17). The smallest absolute Gasteiger partial charge is 0.269 e. The van der Waals surface area contributed by atoms with Crippen LogP contribution in [0, 0.1) is 20.8 Å². The summed E-state index contributed by atoms with van der Waals surface area (Å²) in [6.07, 6.45) is 0. The van der Waals surface area contributed by atoms with E-state index in [4.69, 9.17) is 5.73 Å². The zero-order chi connectivity index (χ0) is 12.6. The molecule has 0 saturated carbocycles. The molecule has 90 valence electrons. The predicted octanol–water partition coefficient (Wildman–Crippen LogP) is 1.55. The Labute approximate surface area is 100 Å². The van der Waals surface area contributed by atoms with Crippen LogP contribution >= 0.6 is 0 Å². The zero-order valence-electron chi connectivity index (χ0n) is 10.4. The normalized spacial score (nSPS) is 10.8. The van der Waals surface area contributed by atoms with Crippen molar-refractivity contribution < 1.29 is 0 Å². The number of H-pyrrole nitrogens is 1. The Balaban J connectivity index is 2.65. The maximum absolute atomic E-state index is 11.7. The van der Waals surface area contributed by atoms with Gasteiger partial charge in [0.1, 0.15) is 0 Å². The van der Waals surface area contributed by atoms with Crippen molar-refractivity contribution in [3.8, 4) is 5.69 Å². The van der Waals surface area contributed by atoms with Crippen LogP contribution in [-0.2, 0) is 6.54 Å². The van der Waals surface area contributed by atoms with Crippen LogP contribution in [0.5, 0.6) is 0 Å². The average Bonchev–Trinajstić information content (AvgIpc) is 2.54. The van der Waals surface area contributed by atoms with Crippen LogP contribution in [0.1, 0.15) is 22.4 Å². The highest BCUT2D eigenvalue weighted by atomic mass is 16.1. The highest BCUT2D eigenvalue weighted by Crippen LogP contribution is 2.17. The van der Waals surface area contributed by atoms with E-state index in [1.54, 1.807) is 4.68 Å². The number of rotatable bonds is 2. The summed E-state index contributed by atoms with van der Waals surface area (Å²) in [4.78, 5) is 11.7. The Morgan fingerprint density at radius 2 is 2.00 bits per heavy atom. The van der Waals surface area contributed by atoms with E-state index in [-0.39, 0.29) is 12.1 Å². The lowest BCUT2D eigenvalue weighted by molar-refractivity contribution is 0.826. The molecule has 0 aliphatic rings. The molecule has 0 atom stereocenters. The zero-order valence-corrected chi connectivity index (χ0v) is 10.4. The lowest BCUT2D eigenvalue weighted by Crippen LogP contribution is -2.10. The predicted molar refractivity (Wildman–Crippen MR) is 68.5 cm³/mol. The summed E-state index contributed by atoms with van der Waals surface area (Å²) in [6.45, 7) is 6.24. The van der Waals surface area contributed by atoms with E-state index < -0.39 is 0 Å². The van der Waals surface area contributed by atoms with Gasteiger partial charge >= 0.3 is 0 Å². The van der Waals surface area contributed by atoms with Gasteiger partial charge in [-0.05, 0) is 32.4 Å². The van der Waals surface area contributed by atoms with Crippen molar-refractivity contribution in [3.05, 3.63) is 50.9 Å². The maximum atomic E-state index is 11.7. The van der Waals surface area contributed by atoms with Crippen molar-refractivity contribution in [2.24, 2.45) is 5.73 Å². The highest BCUT2D eigenvalue weighted by Gasteiger charge is 2.11. The number of aromatic nitrogens is 2. The van der Waals surface area contributed by atoms with E-state index >= 15 is 0 Å². The van der Waals surface area contributed by atoms with Gasteiger partial charge in [-0.2, -0.15) is 0 Å². The van der Waals surface area contributed by atoms with Crippen LogP contribution in [0.15, 0.2) is 23.0 Å². The summed E-state index contributed by atoms with van der Waals surface area (Å²) in [7, 11) is 0. The molecule has 17 heavy (non-hydrogen) atoms. The van der Waals surface area contributed by atoms with Gasteiger partial charge in [-0.1, -0.05) is 17.7 Å². The molecule has 2 rings (SSSR count). The minimum absolute atomic E-state index is 0.107. The number of hydrogen-bond acceptors (Lipinski definition) is 2. The van der Waals surface area contributed by atoms with Gasteiger partial charge < -0.3 is 5.73 Å². The van der Waals surface area contributed by atoms with Crippen molar-refractivity contribution in [2.75, 3.05) is 0 Å². The van der Waals surface area contributed by atoms with E-state index in [9.17, 15) is 4.79 Å². The molecule has 0 amide bonds. The average molecular weight is 231 g/mol. The molecule has 3 N–H and O–H groups in total. The van der Waals surface area contributed by atoms with Gasteiger partial charge in [0.25, 0.3) is 5.56 Å². The molecule has 0 fully saturated rings. The molecule has 0 spiro atoms. The molecular weight excluding hydrogens is 214 g/mol. The van der Waals surface area contributed by atoms with Crippen molar-refractivity contribution in [1.29, 1.82) is 0 Å². The van der Waals surface area contributed by atoms with Crippen molar-refractivity contribution in [1.82, 2.24) is 9.78 Å². The summed E-state index contributed by atoms with van der Waals surface area (Å²) in [5, 5.41) is 2.82. The number of nitrogens with one attached hydrogen (secondary N) is 1. The maximum Gasteiger partial charge on any atom is 0.269 e. The fourth-order valence-corrected chi connectivity index (χ4v) is 2.09. The molecule has 4 heteroatoms. The van der Waals surface area contributed by atoms with Crippen molar-refractivity contribution in [3.63, 3.8) is 0 Å². The van der Waals surface area contributed by atoms with Crippen LogP contribution in [0.2, 0.25) is 0 Å². The van der Waals surface area contributed by atoms with Crippen LogP contribution < -0.4 is 11.3 Å². The Kier molecular flexibility index (Phi) is 2.90. The Hall–Kier alpha value is -1.81. The number of aromatic amines is 1. The van der Waals surface area contributed by atoms with Gasteiger partial charge in [0.15, 0.2) is 0 Å². The van der Waals surface area contributed by atoms with Gasteiger partial charge in [0.05, 0.1) is 11.3 Å². The van der Waals surface area contributed by atoms with Crippen LogP contribution in [-0.4, -0.2) is 9.78 Å². The largest absolute Gasteiger partial charge is 0.326 e. The molecule has 0 saturated heterocycles. The Morgan fingerprint density at radius 3 is 2.53 bits per heavy atom. The molecule has 4 nitrogen and oxygen atoms in total. The molecule has 1 aromatic heterocycles. The first-order valence-corrected chi connectivity index (χ1v) is 5.62. The first-order valence-electron chi connectivity index (χ1n) is 5.62. The molecule has 0 radical (unpaired) electrons. The number of aryl methyl sites for hydroxylation is 2. The van der Waals surface area contributed by atoms with Crippen molar-refractivity contribution >= 4 is 0 Å². The molecule has 0 bridgehead atoms. The number of nitrogens with two attached hydrogens (primary N) is 1. The summed E-state index contributed by atoms with van der Waals surface area (Å²) in [5.41, 5.74) is 10.3. The second kappa shape index (κ2) is 4.22. The third-order valence-electron chi connectivity index (χ3n) is 3.06. The third kappa shape index (κ3) is 1.91. The second-order valence-electron chi connectivity index (χ2n) is 4.33. The molecule has 1 aromatic carbocycles. The van der Waals surface area contributed by atoms with E-state index in [0.29, 0.717) is 5.56 Å². The molecule has 0 aliphatic carbocycles. The van der Waals surface area contributed by atoms with Gasteiger partial charge in [0, 0.05) is 12.2 Å².